The number of aryl methyl sites for hydroxylation is 2. The molecule has 0 aliphatic heterocycles. The molecule has 25 heavy (non-hydrogen) atoms. The molecule has 0 bridgehead atoms. The van der Waals surface area contributed by atoms with Gasteiger partial charge in [0.25, 0.3) is 5.91 Å². The van der Waals surface area contributed by atoms with Gasteiger partial charge in [-0.2, -0.15) is 5.10 Å². The van der Waals surface area contributed by atoms with Gasteiger partial charge in [-0.1, -0.05) is 0 Å². The van der Waals surface area contributed by atoms with E-state index in [0.717, 1.165) is 0 Å². The highest BCUT2D eigenvalue weighted by Gasteiger charge is 2.18. The SMILES string of the molecule is Cc1nn(C)c2[nH]cc(C(=O)NC(=O)Nc3ccc(F)cc3)c(=O)c12. The summed E-state index contributed by atoms with van der Waals surface area (Å²) in [5.41, 5.74) is 0.530. The van der Waals surface area contributed by atoms with E-state index in [1.54, 1.807) is 14.0 Å². The number of amides is 3. The Morgan fingerprint density at radius 2 is 1.92 bits per heavy atom. The highest BCUT2D eigenvalue weighted by atomic mass is 19.1. The first-order valence-corrected chi connectivity index (χ1v) is 7.29. The van der Waals surface area contributed by atoms with Crippen molar-refractivity contribution in [1.29, 1.82) is 0 Å². The number of rotatable bonds is 2. The predicted molar refractivity (Wildman–Crippen MR) is 89.0 cm³/mol. The van der Waals surface area contributed by atoms with Crippen LogP contribution in [0.25, 0.3) is 11.0 Å². The van der Waals surface area contributed by atoms with Gasteiger partial charge >= 0.3 is 6.03 Å². The Kier molecular flexibility index (Phi) is 4.05. The van der Waals surface area contributed by atoms with E-state index in [4.69, 9.17) is 0 Å². The smallest absolute Gasteiger partial charge is 0.326 e. The molecule has 0 atom stereocenters. The number of H-pyrrole nitrogens is 1. The van der Waals surface area contributed by atoms with Crippen molar-refractivity contribution < 1.29 is 14.0 Å². The molecule has 128 valence electrons. The lowest BCUT2D eigenvalue weighted by Crippen LogP contribution is -2.37. The summed E-state index contributed by atoms with van der Waals surface area (Å²) in [6.45, 7) is 1.65. The van der Waals surface area contributed by atoms with E-state index in [1.165, 1.54) is 35.1 Å². The van der Waals surface area contributed by atoms with Gasteiger partial charge in [-0.3, -0.25) is 19.6 Å². The maximum Gasteiger partial charge on any atom is 0.326 e. The van der Waals surface area contributed by atoms with E-state index < -0.39 is 23.2 Å². The molecule has 0 unspecified atom stereocenters. The molecule has 0 spiro atoms. The molecule has 2 aromatic heterocycles. The lowest BCUT2D eigenvalue weighted by molar-refractivity contribution is 0.0966. The zero-order valence-electron chi connectivity index (χ0n) is 13.4. The van der Waals surface area contributed by atoms with E-state index in [-0.39, 0.29) is 10.9 Å². The molecule has 0 aliphatic carbocycles. The van der Waals surface area contributed by atoms with Crippen molar-refractivity contribution in [3.05, 3.63) is 57.8 Å². The van der Waals surface area contributed by atoms with E-state index in [9.17, 15) is 18.8 Å². The van der Waals surface area contributed by atoms with Crippen LogP contribution in [0, 0.1) is 12.7 Å². The Bertz CT molecular complexity index is 1040. The number of imide groups is 1. The van der Waals surface area contributed by atoms with Crippen LogP contribution >= 0.6 is 0 Å². The van der Waals surface area contributed by atoms with Crippen LogP contribution < -0.4 is 16.1 Å². The van der Waals surface area contributed by atoms with Gasteiger partial charge in [0, 0.05) is 18.9 Å². The summed E-state index contributed by atoms with van der Waals surface area (Å²) in [5, 5.41) is 8.84. The zero-order valence-corrected chi connectivity index (χ0v) is 13.4. The molecule has 3 amide bonds. The molecule has 9 heteroatoms. The minimum atomic E-state index is -0.856. The van der Waals surface area contributed by atoms with Gasteiger partial charge in [-0.05, 0) is 31.2 Å². The Labute approximate surface area is 140 Å². The molecule has 8 nitrogen and oxygen atoms in total. The topological polar surface area (TPSA) is 109 Å². The molecule has 1 aromatic carbocycles. The first-order valence-electron chi connectivity index (χ1n) is 7.29. The zero-order chi connectivity index (χ0) is 18.1. The van der Waals surface area contributed by atoms with Crippen molar-refractivity contribution in [2.75, 3.05) is 5.32 Å². The normalized spacial score (nSPS) is 10.7. The van der Waals surface area contributed by atoms with Gasteiger partial charge in [0.2, 0.25) is 5.43 Å². The third kappa shape index (κ3) is 3.11. The van der Waals surface area contributed by atoms with Crippen LogP contribution in [0.5, 0.6) is 0 Å². The maximum absolute atomic E-state index is 12.8. The molecule has 3 N–H and O–H groups in total. The van der Waals surface area contributed by atoms with Crippen molar-refractivity contribution in [2.45, 2.75) is 6.92 Å². The first kappa shape index (κ1) is 16.4. The van der Waals surface area contributed by atoms with E-state index in [2.05, 4.69) is 20.7 Å². The fourth-order valence-corrected chi connectivity index (χ4v) is 2.47. The summed E-state index contributed by atoms with van der Waals surface area (Å²) < 4.78 is 14.3. The molecular formula is C16H14FN5O3. The fraction of sp³-hybridized carbons (Fsp3) is 0.125. The van der Waals surface area contributed by atoms with Gasteiger partial charge in [0.05, 0.1) is 11.1 Å². The number of hydrogen-bond acceptors (Lipinski definition) is 4. The summed E-state index contributed by atoms with van der Waals surface area (Å²) in [4.78, 5) is 39.4. The van der Waals surface area contributed by atoms with Crippen LogP contribution in [0.15, 0.2) is 35.3 Å². The number of urea groups is 1. The second kappa shape index (κ2) is 6.19. The van der Waals surface area contributed by atoms with Crippen LogP contribution in [0.2, 0.25) is 0 Å². The number of aromatic nitrogens is 3. The minimum absolute atomic E-state index is 0.210. The summed E-state index contributed by atoms with van der Waals surface area (Å²) in [6, 6.07) is 4.19. The quantitative estimate of drug-likeness (QED) is 0.657. The number of pyridine rings is 1. The number of fused-ring (bicyclic) bond motifs is 1. The molecule has 3 aromatic rings. The van der Waals surface area contributed by atoms with Crippen LogP contribution in [-0.2, 0) is 7.05 Å². The van der Waals surface area contributed by atoms with Crippen molar-refractivity contribution in [1.82, 2.24) is 20.1 Å². The third-order valence-corrected chi connectivity index (χ3v) is 3.62. The highest BCUT2D eigenvalue weighted by Crippen LogP contribution is 2.11. The van der Waals surface area contributed by atoms with Gasteiger partial charge in [-0.15, -0.1) is 0 Å². The molecule has 0 saturated carbocycles. The predicted octanol–water partition coefficient (Wildman–Crippen LogP) is 1.67. The lowest BCUT2D eigenvalue weighted by Gasteiger charge is -2.06. The number of nitrogens with zero attached hydrogens (tertiary/aromatic N) is 2. The van der Waals surface area contributed by atoms with Crippen molar-refractivity contribution >= 4 is 28.7 Å². The Hall–Kier alpha value is -3.49. The first-order chi connectivity index (χ1) is 11.9. The molecule has 0 fully saturated rings. The Morgan fingerprint density at radius 1 is 1.24 bits per heavy atom. The number of nitrogens with one attached hydrogen (secondary N) is 3. The molecule has 2 heterocycles. The van der Waals surface area contributed by atoms with Gasteiger partial charge in [-0.25, -0.2) is 9.18 Å². The van der Waals surface area contributed by atoms with E-state index in [1.807, 2.05) is 0 Å². The average Bonchev–Trinajstić information content (AvgIpc) is 2.85. The monoisotopic (exact) mass is 343 g/mol. The van der Waals surface area contributed by atoms with E-state index >= 15 is 0 Å². The van der Waals surface area contributed by atoms with Gasteiger partial charge < -0.3 is 10.3 Å². The summed E-state index contributed by atoms with van der Waals surface area (Å²) in [7, 11) is 1.67. The molecule has 0 saturated heterocycles. The average molecular weight is 343 g/mol. The number of anilines is 1. The van der Waals surface area contributed by atoms with Gasteiger partial charge in [0.15, 0.2) is 0 Å². The molecule has 0 radical (unpaired) electrons. The van der Waals surface area contributed by atoms with Crippen LogP contribution in [-0.4, -0.2) is 26.7 Å². The maximum atomic E-state index is 12.8. The molecular weight excluding hydrogens is 329 g/mol. The van der Waals surface area contributed by atoms with E-state index in [0.29, 0.717) is 17.0 Å². The largest absolute Gasteiger partial charge is 0.345 e. The summed E-state index contributed by atoms with van der Waals surface area (Å²) >= 11 is 0. The second-order valence-corrected chi connectivity index (χ2v) is 5.38. The highest BCUT2D eigenvalue weighted by molar-refractivity contribution is 6.08. The summed E-state index contributed by atoms with van der Waals surface area (Å²) in [6.07, 6.45) is 1.23. The van der Waals surface area contributed by atoms with Crippen LogP contribution in [0.1, 0.15) is 16.1 Å². The van der Waals surface area contributed by atoms with Gasteiger partial charge in [0.1, 0.15) is 17.0 Å². The Balaban J connectivity index is 1.81. The number of benzene rings is 1. The fourth-order valence-electron chi connectivity index (χ4n) is 2.47. The van der Waals surface area contributed by atoms with Crippen LogP contribution in [0.4, 0.5) is 14.9 Å². The number of carbonyl (C=O) groups is 2. The standard InChI is InChI=1S/C16H14FN5O3/c1-8-12-13(23)11(7-18-14(12)22(2)21-8)15(24)20-16(25)19-10-5-3-9(17)4-6-10/h3-7H,1-2H3,(H,18,23)(H2,19,20,24,25). The van der Waals surface area contributed by atoms with Crippen molar-refractivity contribution in [3.8, 4) is 0 Å². The number of aromatic amines is 1. The van der Waals surface area contributed by atoms with Crippen LogP contribution in [0.3, 0.4) is 0 Å². The molecule has 3 rings (SSSR count). The third-order valence-electron chi connectivity index (χ3n) is 3.62. The number of hydrogen-bond donors (Lipinski definition) is 3. The Morgan fingerprint density at radius 3 is 2.60 bits per heavy atom. The van der Waals surface area contributed by atoms with Crippen molar-refractivity contribution in [2.24, 2.45) is 7.05 Å². The second-order valence-electron chi connectivity index (χ2n) is 5.38. The lowest BCUT2D eigenvalue weighted by atomic mass is 10.2. The molecule has 0 aliphatic rings. The number of carbonyl (C=O) groups excluding carboxylic acids is 2. The summed E-state index contributed by atoms with van der Waals surface area (Å²) in [5.74, 6) is -1.31. The van der Waals surface area contributed by atoms with Crippen molar-refractivity contribution in [3.63, 3.8) is 0 Å². The minimum Gasteiger partial charge on any atom is -0.345 e. The number of halogens is 1.